The lowest BCUT2D eigenvalue weighted by molar-refractivity contribution is -0.140. The van der Waals surface area contributed by atoms with Gasteiger partial charge in [-0.3, -0.25) is 13.9 Å². The number of halogens is 4. The molecule has 0 radical (unpaired) electrons. The number of rotatable bonds is 13. The quantitative estimate of drug-likeness (QED) is 0.152. The van der Waals surface area contributed by atoms with E-state index in [-0.39, 0.29) is 50.6 Å². The van der Waals surface area contributed by atoms with Crippen LogP contribution in [0.1, 0.15) is 31.4 Å². The number of hydrogen-bond acceptors (Lipinski definition) is 4. The van der Waals surface area contributed by atoms with Gasteiger partial charge in [0.2, 0.25) is 11.8 Å². The van der Waals surface area contributed by atoms with Crippen LogP contribution in [-0.4, -0.2) is 43.8 Å². The minimum atomic E-state index is -4.33. The highest BCUT2D eigenvalue weighted by molar-refractivity contribution is 7.92. The van der Waals surface area contributed by atoms with Gasteiger partial charge in [-0.1, -0.05) is 114 Å². The Morgan fingerprint density at radius 1 is 0.783 bits per heavy atom. The highest BCUT2D eigenvalue weighted by Gasteiger charge is 2.35. The van der Waals surface area contributed by atoms with Crippen LogP contribution in [0.15, 0.2) is 102 Å². The molecule has 0 saturated carbocycles. The summed E-state index contributed by atoms with van der Waals surface area (Å²) < 4.78 is 29.2. The van der Waals surface area contributed by atoms with Crippen LogP contribution in [0.4, 0.5) is 5.69 Å². The Balaban J connectivity index is 1.85. The van der Waals surface area contributed by atoms with Crippen LogP contribution in [-0.2, 0) is 32.6 Å². The molecule has 46 heavy (non-hydrogen) atoms. The smallest absolute Gasteiger partial charge is 0.264 e. The second-order valence-corrected chi connectivity index (χ2v) is 14.2. The van der Waals surface area contributed by atoms with Gasteiger partial charge in [0.1, 0.15) is 12.6 Å². The van der Waals surface area contributed by atoms with E-state index in [0.29, 0.717) is 17.0 Å². The maximum Gasteiger partial charge on any atom is 0.264 e. The fourth-order valence-electron chi connectivity index (χ4n) is 4.75. The summed E-state index contributed by atoms with van der Waals surface area (Å²) >= 11 is 25.4. The lowest BCUT2D eigenvalue weighted by Gasteiger charge is -2.34. The van der Waals surface area contributed by atoms with E-state index in [1.54, 1.807) is 42.5 Å². The van der Waals surface area contributed by atoms with Gasteiger partial charge in [-0.2, -0.15) is 0 Å². The summed E-state index contributed by atoms with van der Waals surface area (Å²) in [4.78, 5) is 29.8. The number of benzene rings is 4. The Morgan fingerprint density at radius 2 is 1.43 bits per heavy atom. The van der Waals surface area contributed by atoms with E-state index >= 15 is 0 Å². The first kappa shape index (κ1) is 35.6. The van der Waals surface area contributed by atoms with Crippen molar-refractivity contribution in [2.24, 2.45) is 0 Å². The first-order valence-electron chi connectivity index (χ1n) is 14.5. The third-order valence-electron chi connectivity index (χ3n) is 7.42. The molecule has 242 valence electrons. The topological polar surface area (TPSA) is 86.8 Å². The molecule has 0 aliphatic heterocycles. The molecule has 12 heteroatoms. The van der Waals surface area contributed by atoms with Gasteiger partial charge in [0.25, 0.3) is 10.0 Å². The molecule has 0 aliphatic rings. The van der Waals surface area contributed by atoms with E-state index < -0.39 is 28.5 Å². The van der Waals surface area contributed by atoms with E-state index in [0.717, 1.165) is 9.87 Å². The fourth-order valence-corrected chi connectivity index (χ4v) is 6.96. The van der Waals surface area contributed by atoms with E-state index in [2.05, 4.69) is 5.32 Å². The molecule has 0 unspecified atom stereocenters. The van der Waals surface area contributed by atoms with Gasteiger partial charge < -0.3 is 10.2 Å². The Bertz CT molecular complexity index is 1780. The summed E-state index contributed by atoms with van der Waals surface area (Å²) in [7, 11) is -4.33. The second kappa shape index (κ2) is 16.0. The highest BCUT2D eigenvalue weighted by Crippen LogP contribution is 2.36. The van der Waals surface area contributed by atoms with E-state index in [4.69, 9.17) is 46.4 Å². The summed E-state index contributed by atoms with van der Waals surface area (Å²) in [5, 5.41) is 3.67. The van der Waals surface area contributed by atoms with E-state index in [9.17, 15) is 18.0 Å². The average Bonchev–Trinajstić information content (AvgIpc) is 3.05. The van der Waals surface area contributed by atoms with Crippen LogP contribution in [0.2, 0.25) is 20.1 Å². The van der Waals surface area contributed by atoms with Gasteiger partial charge in [-0.15, -0.1) is 0 Å². The third kappa shape index (κ3) is 8.75. The molecule has 0 aliphatic carbocycles. The van der Waals surface area contributed by atoms with Crippen molar-refractivity contribution in [3.05, 3.63) is 128 Å². The lowest BCUT2D eigenvalue weighted by Crippen LogP contribution is -2.54. The van der Waals surface area contributed by atoms with Gasteiger partial charge >= 0.3 is 0 Å². The molecule has 0 aromatic heterocycles. The van der Waals surface area contributed by atoms with Crippen molar-refractivity contribution in [1.29, 1.82) is 0 Å². The lowest BCUT2D eigenvalue weighted by atomic mass is 10.0. The molecule has 1 N–H and O–H groups in total. The van der Waals surface area contributed by atoms with Crippen molar-refractivity contribution in [2.45, 2.75) is 50.2 Å². The Morgan fingerprint density at radius 3 is 2.07 bits per heavy atom. The van der Waals surface area contributed by atoms with Crippen molar-refractivity contribution < 1.29 is 18.0 Å². The highest BCUT2D eigenvalue weighted by atomic mass is 35.5. The number of carbonyl (C=O) groups excluding carboxylic acids is 2. The van der Waals surface area contributed by atoms with Gasteiger partial charge in [-0.25, -0.2) is 8.42 Å². The van der Waals surface area contributed by atoms with Gasteiger partial charge in [0, 0.05) is 19.0 Å². The molecule has 7 nitrogen and oxygen atoms in total. The van der Waals surface area contributed by atoms with Crippen LogP contribution in [0.5, 0.6) is 0 Å². The molecule has 0 heterocycles. The van der Waals surface area contributed by atoms with Crippen molar-refractivity contribution in [3.8, 4) is 0 Å². The van der Waals surface area contributed by atoms with Gasteiger partial charge in [0.15, 0.2) is 0 Å². The molecule has 2 amide bonds. The second-order valence-electron chi connectivity index (χ2n) is 10.7. The zero-order valence-corrected chi connectivity index (χ0v) is 29.0. The number of hydrogen-bond donors (Lipinski definition) is 1. The Labute approximate surface area is 290 Å². The maximum atomic E-state index is 14.6. The number of anilines is 1. The third-order valence-corrected chi connectivity index (χ3v) is 10.7. The van der Waals surface area contributed by atoms with E-state index in [1.807, 2.05) is 44.2 Å². The summed E-state index contributed by atoms with van der Waals surface area (Å²) in [6.07, 6.45) is 0.834. The van der Waals surface area contributed by atoms with Crippen LogP contribution < -0.4 is 9.62 Å². The van der Waals surface area contributed by atoms with Crippen molar-refractivity contribution in [1.82, 2.24) is 10.2 Å². The monoisotopic (exact) mass is 719 g/mol. The SMILES string of the molecule is CC[C@H](C)NC(=O)[C@H](Cc1ccccc1)N(Cc1ccc(Cl)c(Cl)c1)C(=O)CN(c1cccc(Cl)c1Cl)S(=O)(=O)c1ccccc1. The molecular formula is C34H33Cl4N3O4S. The van der Waals surface area contributed by atoms with Gasteiger partial charge in [0.05, 0.1) is 30.7 Å². The molecule has 4 rings (SSSR count). The van der Waals surface area contributed by atoms with Crippen LogP contribution in [0, 0.1) is 0 Å². The largest absolute Gasteiger partial charge is 0.352 e. The minimum absolute atomic E-state index is 0.0181. The van der Waals surface area contributed by atoms with Crippen LogP contribution in [0.3, 0.4) is 0 Å². The molecule has 0 bridgehead atoms. The first-order valence-corrected chi connectivity index (χ1v) is 17.5. The summed E-state index contributed by atoms with van der Waals surface area (Å²) in [5.74, 6) is -1.04. The minimum Gasteiger partial charge on any atom is -0.352 e. The number of nitrogens with one attached hydrogen (secondary N) is 1. The predicted octanol–water partition coefficient (Wildman–Crippen LogP) is 8.05. The fraction of sp³-hybridized carbons (Fsp3) is 0.235. The van der Waals surface area contributed by atoms with Crippen LogP contribution in [0.25, 0.3) is 0 Å². The molecule has 2 atom stereocenters. The standard InChI is InChI=1S/C34H33Cl4N3O4S/c1-3-23(2)39-34(43)31(20-24-11-6-4-7-12-24)40(21-25-17-18-27(35)29(37)19-25)32(42)22-41(30-16-10-15-28(36)33(30)38)46(44,45)26-13-8-5-9-14-26/h4-19,23,31H,3,20-22H2,1-2H3,(H,39,43)/t23-,31-/m0/s1. The normalized spacial score (nSPS) is 12.7. The zero-order chi connectivity index (χ0) is 33.4. The van der Waals surface area contributed by atoms with Crippen molar-refractivity contribution >= 4 is 73.9 Å². The maximum absolute atomic E-state index is 14.6. The zero-order valence-electron chi connectivity index (χ0n) is 25.2. The number of amides is 2. The molecular weight excluding hydrogens is 688 g/mol. The van der Waals surface area contributed by atoms with E-state index in [1.165, 1.54) is 29.2 Å². The Hall–Kier alpha value is -3.27. The molecule has 0 saturated heterocycles. The number of sulfonamides is 1. The number of nitrogens with zero attached hydrogens (tertiary/aromatic N) is 2. The van der Waals surface area contributed by atoms with Crippen molar-refractivity contribution in [2.75, 3.05) is 10.8 Å². The molecule has 0 fully saturated rings. The van der Waals surface area contributed by atoms with Crippen molar-refractivity contribution in [3.63, 3.8) is 0 Å². The summed E-state index contributed by atoms with van der Waals surface area (Å²) in [6.45, 7) is 3.07. The molecule has 4 aromatic rings. The van der Waals surface area contributed by atoms with Gasteiger partial charge in [-0.05, 0) is 60.9 Å². The summed E-state index contributed by atoms with van der Waals surface area (Å²) in [6, 6.07) is 25.3. The predicted molar refractivity (Wildman–Crippen MR) is 186 cm³/mol. The molecule has 4 aromatic carbocycles. The first-order chi connectivity index (χ1) is 21.9. The summed E-state index contributed by atoms with van der Waals surface area (Å²) in [5.41, 5.74) is 1.42. The Kier molecular flexibility index (Phi) is 12.4. The molecule has 0 spiro atoms. The van der Waals surface area contributed by atoms with Crippen LogP contribution >= 0.6 is 46.4 Å². The number of carbonyl (C=O) groups is 2. The average molecular weight is 722 g/mol.